The van der Waals surface area contributed by atoms with Gasteiger partial charge in [-0.2, -0.15) is 0 Å². The molecule has 0 radical (unpaired) electrons. The summed E-state index contributed by atoms with van der Waals surface area (Å²) in [5.41, 5.74) is 8.87. The molecule has 1 unspecified atom stereocenters. The number of hydrogen-bond acceptors (Lipinski definition) is 5. The van der Waals surface area contributed by atoms with Crippen molar-refractivity contribution >= 4 is 28.3 Å². The first kappa shape index (κ1) is 21.1. The van der Waals surface area contributed by atoms with Gasteiger partial charge in [0.25, 0.3) is 5.91 Å². The number of carbonyl (C=O) groups is 2. The largest absolute Gasteiger partial charge is 0.482 e. The van der Waals surface area contributed by atoms with Gasteiger partial charge < -0.3 is 19.9 Å². The maximum absolute atomic E-state index is 12.2. The van der Waals surface area contributed by atoms with E-state index in [0.29, 0.717) is 23.2 Å². The van der Waals surface area contributed by atoms with Gasteiger partial charge in [0.1, 0.15) is 12.9 Å². The summed E-state index contributed by atoms with van der Waals surface area (Å²) in [6, 6.07) is 15.5. The van der Waals surface area contributed by atoms with Crippen LogP contribution in [0.2, 0.25) is 0 Å². The highest BCUT2D eigenvalue weighted by Crippen LogP contribution is 2.35. The van der Waals surface area contributed by atoms with Crippen molar-refractivity contribution in [3.63, 3.8) is 0 Å². The summed E-state index contributed by atoms with van der Waals surface area (Å²) in [6.07, 6.45) is -0.641. The van der Waals surface area contributed by atoms with Gasteiger partial charge in [-0.25, -0.2) is 0 Å². The van der Waals surface area contributed by atoms with Gasteiger partial charge in [0, 0.05) is 17.8 Å². The summed E-state index contributed by atoms with van der Waals surface area (Å²) in [5.74, 6) is -0.340. The number of rotatable bonds is 8. The quantitative estimate of drug-likeness (QED) is 0.458. The first-order valence-electron chi connectivity index (χ1n) is 9.59. The number of oxime groups is 1. The van der Waals surface area contributed by atoms with E-state index < -0.39 is 12.0 Å². The van der Waals surface area contributed by atoms with Crippen LogP contribution in [0.3, 0.4) is 0 Å². The zero-order valence-corrected chi connectivity index (χ0v) is 17.5. The Labute approximate surface area is 175 Å². The summed E-state index contributed by atoms with van der Waals surface area (Å²) in [6.45, 7) is 5.63. The highest BCUT2D eigenvalue weighted by Gasteiger charge is 2.26. The lowest BCUT2D eigenvalue weighted by molar-refractivity contribution is -0.122. The molecule has 156 valence electrons. The van der Waals surface area contributed by atoms with Gasteiger partial charge in [0.05, 0.1) is 10.9 Å². The second-order valence-corrected chi connectivity index (χ2v) is 7.04. The number of primary amides is 1. The van der Waals surface area contributed by atoms with E-state index in [9.17, 15) is 9.59 Å². The topological polar surface area (TPSA) is 95.9 Å². The van der Waals surface area contributed by atoms with Gasteiger partial charge in [-0.1, -0.05) is 41.6 Å². The van der Waals surface area contributed by atoms with E-state index in [4.69, 9.17) is 15.3 Å². The van der Waals surface area contributed by atoms with E-state index in [2.05, 4.69) is 9.72 Å². The van der Waals surface area contributed by atoms with Crippen LogP contribution in [0.15, 0.2) is 53.7 Å². The maximum Gasteiger partial charge on any atom is 0.271 e. The Kier molecular flexibility index (Phi) is 6.20. The highest BCUT2D eigenvalue weighted by molar-refractivity contribution is 6.47. The molecule has 7 heteroatoms. The Bertz CT molecular complexity index is 1120. The third kappa shape index (κ3) is 4.05. The first-order valence-corrected chi connectivity index (χ1v) is 9.59. The molecule has 0 saturated carbocycles. The minimum Gasteiger partial charge on any atom is -0.482 e. The van der Waals surface area contributed by atoms with Crippen LogP contribution in [0.1, 0.15) is 30.7 Å². The number of ketones is 1. The Hall–Kier alpha value is -3.61. The molecule has 0 spiro atoms. The molecule has 3 aromatic rings. The standard InChI is InChI=1S/C23H25N3O4/c1-14-20(22(23(24)28)25-29-4)21-18(26(14)13-17-9-6-5-7-10-17)11-8-12-19(21)30-16(3)15(2)27/h5-12,16H,13H2,1-4H3,(H2,24,28)/b25-22+. The molecule has 30 heavy (non-hydrogen) atoms. The molecule has 1 atom stereocenters. The SMILES string of the molecule is CO/N=C(/C(N)=O)c1c(C)n(Cc2ccccc2)c2cccc(OC(C)C(C)=O)c12. The van der Waals surface area contributed by atoms with Crippen LogP contribution in [-0.2, 0) is 21.0 Å². The first-order chi connectivity index (χ1) is 14.3. The lowest BCUT2D eigenvalue weighted by atomic mass is 10.0. The number of nitrogens with zero attached hydrogens (tertiary/aromatic N) is 2. The maximum atomic E-state index is 12.2. The van der Waals surface area contributed by atoms with Crippen LogP contribution in [0.4, 0.5) is 0 Å². The van der Waals surface area contributed by atoms with Crippen molar-refractivity contribution in [2.45, 2.75) is 33.4 Å². The normalized spacial score (nSPS) is 12.6. The minimum absolute atomic E-state index is 0.00154. The lowest BCUT2D eigenvalue weighted by Gasteiger charge is -2.14. The van der Waals surface area contributed by atoms with E-state index >= 15 is 0 Å². The Morgan fingerprint density at radius 2 is 1.83 bits per heavy atom. The van der Waals surface area contributed by atoms with Crippen LogP contribution in [0.5, 0.6) is 5.75 Å². The van der Waals surface area contributed by atoms with Crippen LogP contribution < -0.4 is 10.5 Å². The molecule has 0 aliphatic rings. The zero-order valence-electron chi connectivity index (χ0n) is 17.5. The smallest absolute Gasteiger partial charge is 0.271 e. The summed E-state index contributed by atoms with van der Waals surface area (Å²) < 4.78 is 8.01. The van der Waals surface area contributed by atoms with E-state index in [0.717, 1.165) is 16.8 Å². The van der Waals surface area contributed by atoms with Gasteiger partial charge >= 0.3 is 0 Å². The van der Waals surface area contributed by atoms with Crippen LogP contribution >= 0.6 is 0 Å². The van der Waals surface area contributed by atoms with E-state index in [1.54, 1.807) is 13.0 Å². The third-order valence-corrected chi connectivity index (χ3v) is 5.02. The number of ether oxygens (including phenoxy) is 1. The van der Waals surface area contributed by atoms with Crippen molar-refractivity contribution in [3.8, 4) is 5.75 Å². The molecule has 2 N–H and O–H groups in total. The predicted molar refractivity (Wildman–Crippen MR) is 116 cm³/mol. The number of fused-ring (bicyclic) bond motifs is 1. The molecule has 1 heterocycles. The van der Waals surface area contributed by atoms with Crippen molar-refractivity contribution in [2.75, 3.05) is 7.11 Å². The fourth-order valence-electron chi connectivity index (χ4n) is 3.43. The average Bonchev–Trinajstić information content (AvgIpc) is 2.99. The van der Waals surface area contributed by atoms with E-state index in [1.807, 2.05) is 49.4 Å². The Balaban J connectivity index is 2.30. The Morgan fingerprint density at radius 1 is 1.13 bits per heavy atom. The van der Waals surface area contributed by atoms with Crippen molar-refractivity contribution < 1.29 is 19.2 Å². The Morgan fingerprint density at radius 3 is 2.43 bits per heavy atom. The monoisotopic (exact) mass is 407 g/mol. The number of Topliss-reactive ketones (excluding diaryl/α,β-unsaturated/α-hetero) is 1. The molecule has 3 rings (SSSR count). The molecule has 0 saturated heterocycles. The number of aromatic nitrogens is 1. The predicted octanol–water partition coefficient (Wildman–Crippen LogP) is 3.19. The number of nitrogens with two attached hydrogens (primary N) is 1. The second-order valence-electron chi connectivity index (χ2n) is 7.04. The number of amides is 1. The lowest BCUT2D eigenvalue weighted by Crippen LogP contribution is -2.25. The third-order valence-electron chi connectivity index (χ3n) is 5.02. The molecular formula is C23H25N3O4. The number of carbonyl (C=O) groups excluding carboxylic acids is 2. The molecular weight excluding hydrogens is 382 g/mol. The molecule has 7 nitrogen and oxygen atoms in total. The van der Waals surface area contributed by atoms with Crippen LogP contribution in [0, 0.1) is 6.92 Å². The van der Waals surface area contributed by atoms with Gasteiger partial charge in [-0.3, -0.25) is 9.59 Å². The summed E-state index contributed by atoms with van der Waals surface area (Å²) in [4.78, 5) is 28.9. The molecule has 0 aliphatic carbocycles. The highest BCUT2D eigenvalue weighted by atomic mass is 16.6. The molecule has 2 aromatic carbocycles. The van der Waals surface area contributed by atoms with Gasteiger partial charge in [0.2, 0.25) is 0 Å². The fourth-order valence-corrected chi connectivity index (χ4v) is 3.43. The fraction of sp³-hybridized carbons (Fsp3) is 0.261. The summed E-state index contributed by atoms with van der Waals surface area (Å²) in [5, 5.41) is 4.55. The van der Waals surface area contributed by atoms with Crippen molar-refractivity contribution in [1.29, 1.82) is 0 Å². The number of benzene rings is 2. The minimum atomic E-state index is -0.715. The van der Waals surface area contributed by atoms with E-state index in [1.165, 1.54) is 14.0 Å². The van der Waals surface area contributed by atoms with Crippen LogP contribution in [0.25, 0.3) is 10.9 Å². The van der Waals surface area contributed by atoms with Crippen molar-refractivity contribution in [1.82, 2.24) is 4.57 Å². The average molecular weight is 407 g/mol. The number of hydrogen-bond donors (Lipinski definition) is 1. The van der Waals surface area contributed by atoms with Gasteiger partial charge in [-0.15, -0.1) is 0 Å². The second kappa shape index (κ2) is 8.82. The molecule has 0 aliphatic heterocycles. The summed E-state index contributed by atoms with van der Waals surface area (Å²) >= 11 is 0. The van der Waals surface area contributed by atoms with Crippen molar-refractivity contribution in [3.05, 3.63) is 65.4 Å². The molecule has 1 amide bonds. The summed E-state index contributed by atoms with van der Waals surface area (Å²) in [7, 11) is 1.36. The van der Waals surface area contributed by atoms with Crippen LogP contribution in [-0.4, -0.2) is 35.2 Å². The van der Waals surface area contributed by atoms with Gasteiger partial charge in [0.15, 0.2) is 17.6 Å². The van der Waals surface area contributed by atoms with Gasteiger partial charge in [-0.05, 0) is 38.5 Å². The molecule has 0 fully saturated rings. The molecule has 0 bridgehead atoms. The van der Waals surface area contributed by atoms with Crippen molar-refractivity contribution in [2.24, 2.45) is 10.9 Å². The molecule has 1 aromatic heterocycles. The zero-order chi connectivity index (χ0) is 21.8. The van der Waals surface area contributed by atoms with E-state index in [-0.39, 0.29) is 11.5 Å².